The average Bonchev–Trinajstić information content (AvgIpc) is 2.60. The maximum Gasteiger partial charge on any atom is 0.315 e. The van der Waals surface area contributed by atoms with Crippen LogP contribution in [0.25, 0.3) is 0 Å². The number of nitrogens with one attached hydrogen (secondary N) is 2. The van der Waals surface area contributed by atoms with Crippen molar-refractivity contribution >= 4 is 12.0 Å². The van der Waals surface area contributed by atoms with Gasteiger partial charge in [-0.2, -0.15) is 0 Å². The van der Waals surface area contributed by atoms with Crippen molar-refractivity contribution in [3.8, 4) is 0 Å². The number of benzene rings is 2. The molecule has 1 atom stereocenters. The molecule has 5 nitrogen and oxygen atoms in total. The Balaban J connectivity index is 1.73. The third-order valence-corrected chi connectivity index (χ3v) is 3.64. The summed E-state index contributed by atoms with van der Waals surface area (Å²) in [5.41, 5.74) is 2.03. The summed E-state index contributed by atoms with van der Waals surface area (Å²) in [5, 5.41) is 16.3. The minimum atomic E-state index is -1.29. The quantitative estimate of drug-likeness (QED) is 0.717. The SMILES string of the molecule is O=C(NCCCc1ccccc1)N[C@@H](Cc1ccccc1)C(=O)[O-]. The van der Waals surface area contributed by atoms with E-state index in [2.05, 4.69) is 10.6 Å². The van der Waals surface area contributed by atoms with E-state index in [1.165, 1.54) is 5.56 Å². The highest BCUT2D eigenvalue weighted by atomic mass is 16.4. The zero-order valence-electron chi connectivity index (χ0n) is 13.4. The first kappa shape index (κ1) is 17.5. The minimum Gasteiger partial charge on any atom is -0.548 e. The average molecular weight is 325 g/mol. The van der Waals surface area contributed by atoms with Gasteiger partial charge in [-0.15, -0.1) is 0 Å². The van der Waals surface area contributed by atoms with Crippen molar-refractivity contribution in [3.63, 3.8) is 0 Å². The third-order valence-electron chi connectivity index (χ3n) is 3.64. The van der Waals surface area contributed by atoms with E-state index in [0.29, 0.717) is 6.54 Å². The van der Waals surface area contributed by atoms with Crippen LogP contribution in [0.1, 0.15) is 17.5 Å². The Hall–Kier alpha value is -2.82. The Morgan fingerprint density at radius 2 is 1.50 bits per heavy atom. The van der Waals surface area contributed by atoms with Gasteiger partial charge in [-0.3, -0.25) is 0 Å². The molecule has 24 heavy (non-hydrogen) atoms. The fourth-order valence-electron chi connectivity index (χ4n) is 2.39. The van der Waals surface area contributed by atoms with E-state index in [1.807, 2.05) is 60.7 Å². The Bertz CT molecular complexity index is 644. The summed E-state index contributed by atoms with van der Waals surface area (Å²) in [6.45, 7) is 0.478. The molecule has 0 saturated carbocycles. The molecule has 0 unspecified atom stereocenters. The predicted molar refractivity (Wildman–Crippen MR) is 90.2 cm³/mol. The summed E-state index contributed by atoms with van der Waals surface area (Å²) in [7, 11) is 0. The highest BCUT2D eigenvalue weighted by Crippen LogP contribution is 2.03. The third kappa shape index (κ3) is 6.12. The van der Waals surface area contributed by atoms with Crippen LogP contribution in [0.3, 0.4) is 0 Å². The molecule has 0 spiro atoms. The number of hydrogen-bond acceptors (Lipinski definition) is 3. The molecule has 2 rings (SSSR count). The highest BCUT2D eigenvalue weighted by Gasteiger charge is 2.13. The second-order valence-electron chi connectivity index (χ2n) is 5.55. The Morgan fingerprint density at radius 1 is 0.917 bits per heavy atom. The zero-order valence-corrected chi connectivity index (χ0v) is 13.4. The number of urea groups is 1. The lowest BCUT2D eigenvalue weighted by atomic mass is 10.1. The van der Waals surface area contributed by atoms with Gasteiger partial charge in [-0.25, -0.2) is 4.79 Å². The van der Waals surface area contributed by atoms with Crippen LogP contribution in [-0.4, -0.2) is 24.6 Å². The van der Waals surface area contributed by atoms with E-state index in [1.54, 1.807) is 0 Å². The molecule has 126 valence electrons. The number of rotatable bonds is 8. The van der Waals surface area contributed by atoms with Crippen molar-refractivity contribution in [1.82, 2.24) is 10.6 Å². The van der Waals surface area contributed by atoms with Gasteiger partial charge in [0, 0.05) is 6.54 Å². The second-order valence-corrected chi connectivity index (χ2v) is 5.55. The fraction of sp³-hybridized carbons (Fsp3) is 0.263. The van der Waals surface area contributed by atoms with Gasteiger partial charge in [0.2, 0.25) is 0 Å². The molecule has 0 aliphatic rings. The van der Waals surface area contributed by atoms with Crippen LogP contribution in [0, 0.1) is 0 Å². The number of carboxylic acids is 1. The first-order chi connectivity index (χ1) is 11.6. The molecule has 2 aromatic carbocycles. The van der Waals surface area contributed by atoms with Gasteiger partial charge in [0.15, 0.2) is 0 Å². The summed E-state index contributed by atoms with van der Waals surface area (Å²) >= 11 is 0. The Labute approximate surface area is 141 Å². The van der Waals surface area contributed by atoms with Crippen LogP contribution in [0.15, 0.2) is 60.7 Å². The van der Waals surface area contributed by atoms with E-state index in [4.69, 9.17) is 0 Å². The molecule has 0 bridgehead atoms. The van der Waals surface area contributed by atoms with Crippen LogP contribution < -0.4 is 15.7 Å². The Morgan fingerprint density at radius 3 is 2.08 bits per heavy atom. The monoisotopic (exact) mass is 325 g/mol. The summed E-state index contributed by atoms with van der Waals surface area (Å²) < 4.78 is 0. The maximum atomic E-state index is 11.8. The van der Waals surface area contributed by atoms with Crippen molar-refractivity contribution in [2.24, 2.45) is 0 Å². The number of amides is 2. The van der Waals surface area contributed by atoms with E-state index >= 15 is 0 Å². The van der Waals surface area contributed by atoms with Crippen LogP contribution in [-0.2, 0) is 17.6 Å². The molecule has 2 N–H and O–H groups in total. The first-order valence-electron chi connectivity index (χ1n) is 7.98. The van der Waals surface area contributed by atoms with Crippen molar-refractivity contribution in [1.29, 1.82) is 0 Å². The van der Waals surface area contributed by atoms with Crippen molar-refractivity contribution in [3.05, 3.63) is 71.8 Å². The van der Waals surface area contributed by atoms with Crippen molar-refractivity contribution in [2.45, 2.75) is 25.3 Å². The molecule has 2 aromatic rings. The van der Waals surface area contributed by atoms with Gasteiger partial charge in [-0.1, -0.05) is 60.7 Å². The summed E-state index contributed by atoms with van der Waals surface area (Å²) in [5.74, 6) is -1.29. The van der Waals surface area contributed by atoms with Crippen molar-refractivity contribution in [2.75, 3.05) is 6.54 Å². The van der Waals surface area contributed by atoms with Crippen LogP contribution in [0.5, 0.6) is 0 Å². The van der Waals surface area contributed by atoms with Gasteiger partial charge < -0.3 is 20.5 Å². The standard InChI is InChI=1S/C19H22N2O3/c22-18(23)17(14-16-10-5-2-6-11-16)21-19(24)20-13-7-12-15-8-3-1-4-9-15/h1-6,8-11,17H,7,12-14H2,(H,22,23)(H2,20,21,24)/p-1/t17-/m0/s1. The lowest BCUT2D eigenvalue weighted by Crippen LogP contribution is -2.52. The lowest BCUT2D eigenvalue weighted by Gasteiger charge is -2.20. The smallest absolute Gasteiger partial charge is 0.315 e. The molecule has 0 radical (unpaired) electrons. The molecular weight excluding hydrogens is 304 g/mol. The largest absolute Gasteiger partial charge is 0.548 e. The number of hydrogen-bond donors (Lipinski definition) is 2. The van der Waals surface area contributed by atoms with E-state index in [9.17, 15) is 14.7 Å². The molecule has 0 aliphatic carbocycles. The summed E-state index contributed by atoms with van der Waals surface area (Å²) in [4.78, 5) is 23.0. The molecule has 0 fully saturated rings. The number of aryl methyl sites for hydroxylation is 1. The number of carboxylic acid groups (broad SMARTS) is 1. The van der Waals surface area contributed by atoms with E-state index < -0.39 is 18.0 Å². The molecule has 0 aliphatic heterocycles. The van der Waals surface area contributed by atoms with Gasteiger partial charge in [0.1, 0.15) is 0 Å². The van der Waals surface area contributed by atoms with Gasteiger partial charge in [0.25, 0.3) is 0 Å². The zero-order chi connectivity index (χ0) is 17.2. The van der Waals surface area contributed by atoms with Crippen LogP contribution >= 0.6 is 0 Å². The molecule has 2 amide bonds. The van der Waals surface area contributed by atoms with Crippen LogP contribution in [0.4, 0.5) is 4.79 Å². The second kappa shape index (κ2) is 9.35. The number of carbonyl (C=O) groups is 2. The van der Waals surface area contributed by atoms with Gasteiger partial charge in [-0.05, 0) is 30.4 Å². The fourth-order valence-corrected chi connectivity index (χ4v) is 2.39. The van der Waals surface area contributed by atoms with Crippen LogP contribution in [0.2, 0.25) is 0 Å². The summed E-state index contributed by atoms with van der Waals surface area (Å²) in [6.07, 6.45) is 1.84. The highest BCUT2D eigenvalue weighted by molar-refractivity contribution is 5.81. The topological polar surface area (TPSA) is 81.3 Å². The molecular formula is C19H21N2O3-. The molecule has 0 aromatic heterocycles. The first-order valence-corrected chi connectivity index (χ1v) is 7.98. The lowest BCUT2D eigenvalue weighted by molar-refractivity contribution is -0.308. The number of carbonyl (C=O) groups excluding carboxylic acids is 2. The minimum absolute atomic E-state index is 0.195. The molecule has 0 saturated heterocycles. The van der Waals surface area contributed by atoms with E-state index in [0.717, 1.165) is 18.4 Å². The molecule has 5 heteroatoms. The van der Waals surface area contributed by atoms with Gasteiger partial charge in [0.05, 0.1) is 12.0 Å². The van der Waals surface area contributed by atoms with Gasteiger partial charge >= 0.3 is 6.03 Å². The normalized spacial score (nSPS) is 11.5. The maximum absolute atomic E-state index is 11.8. The summed E-state index contributed by atoms with van der Waals surface area (Å²) in [6, 6.07) is 17.6. The van der Waals surface area contributed by atoms with Crippen molar-refractivity contribution < 1.29 is 14.7 Å². The molecule has 0 heterocycles. The predicted octanol–water partition coefficient (Wildman–Crippen LogP) is 1.28. The van der Waals surface area contributed by atoms with E-state index in [-0.39, 0.29) is 6.42 Å². The Kier molecular flexibility index (Phi) is 6.83. The number of aliphatic carboxylic acids is 1.